The highest BCUT2D eigenvalue weighted by Crippen LogP contribution is 2.44. The number of primary amides is 1. The minimum atomic E-state index is -2.03. The molecule has 1 amide bonds. The van der Waals surface area contributed by atoms with Crippen molar-refractivity contribution in [1.29, 1.82) is 5.41 Å². The van der Waals surface area contributed by atoms with Crippen LogP contribution in [0, 0.1) is 5.41 Å². The average molecular weight is 918 g/mol. The predicted molar refractivity (Wildman–Crippen MR) is 246 cm³/mol. The monoisotopic (exact) mass is 916 g/mol. The van der Waals surface area contributed by atoms with E-state index in [0.717, 1.165) is 25.7 Å². The summed E-state index contributed by atoms with van der Waals surface area (Å²) >= 11 is 17.5. The van der Waals surface area contributed by atoms with Crippen molar-refractivity contribution in [2.75, 3.05) is 40.6 Å². The smallest absolute Gasteiger partial charge is 0.333 e. The van der Waals surface area contributed by atoms with E-state index in [1.165, 1.54) is 96.3 Å². The van der Waals surface area contributed by atoms with Crippen LogP contribution in [0.25, 0.3) is 0 Å². The number of nitrogens with one attached hydrogen (secondary N) is 1. The third kappa shape index (κ3) is 33.4. The molecule has 0 spiro atoms. The van der Waals surface area contributed by atoms with Gasteiger partial charge in [0.1, 0.15) is 12.2 Å². The van der Waals surface area contributed by atoms with Gasteiger partial charge in [0.15, 0.2) is 0 Å². The van der Waals surface area contributed by atoms with Crippen LogP contribution in [0.5, 0.6) is 0 Å². The molecule has 1 aliphatic rings. The second-order valence-electron chi connectivity index (χ2n) is 14.8. The molecule has 0 aliphatic carbocycles. The SMILES string of the molecule is C=CCOP(OCC=C)O[C@H]1C(OCCC(CCCCCCC)OC)C[C@@H](OC(=N)C(Cl)(Cl)Cl)OC1COC.CCCCCC/C=C\CCCCCCCCCC(N)=O. The Kier molecular flexibility index (Phi) is 39.4. The number of carbonyl (C=O) groups is 1. The van der Waals surface area contributed by atoms with Gasteiger partial charge in [-0.3, -0.25) is 10.2 Å². The molecule has 0 aromatic rings. The summed E-state index contributed by atoms with van der Waals surface area (Å²) < 4.78 is 44.6. The number of hydrogen-bond donors (Lipinski definition) is 2. The number of halogens is 3. The van der Waals surface area contributed by atoms with E-state index in [0.29, 0.717) is 19.4 Å². The lowest BCUT2D eigenvalue weighted by Crippen LogP contribution is -2.53. The highest BCUT2D eigenvalue weighted by Gasteiger charge is 2.45. The Morgan fingerprint density at radius 2 is 1.39 bits per heavy atom. The van der Waals surface area contributed by atoms with Crippen molar-refractivity contribution >= 4 is 55.2 Å². The standard InChI is InChI=1S/C26H45Cl3NO8P.C18H35NO/c1-6-9-10-11-12-13-20(32-5)14-17-33-21-18-23(37-25(30)26(27,28)29)36-22(19-31-4)24(21)38-39(34-15-7-2)35-16-8-3;1-2-3-4-5-6-7-8-9-10-11-12-13-14-15-16-17-18(19)20/h7-8,20-24,30H,2-3,6,9-19H2,1,4-5H3;7-8H,2-6,9-17H2,1H3,(H2,19,20)/b;8-7-/t20?,21?,22?,23-,24+;/m1./s1. The van der Waals surface area contributed by atoms with Crippen molar-refractivity contribution in [3.8, 4) is 0 Å². The van der Waals surface area contributed by atoms with Gasteiger partial charge in [-0.25, -0.2) is 0 Å². The van der Waals surface area contributed by atoms with Crippen LogP contribution in [-0.4, -0.2) is 87.0 Å². The number of methoxy groups -OCH3 is 2. The lowest BCUT2D eigenvalue weighted by Gasteiger charge is -2.41. The van der Waals surface area contributed by atoms with E-state index in [1.54, 1.807) is 26.4 Å². The van der Waals surface area contributed by atoms with E-state index in [4.69, 9.17) is 83.2 Å². The Balaban J connectivity index is 0.00000141. The molecule has 1 rings (SSSR count). The molecule has 0 bridgehead atoms. The second-order valence-corrected chi connectivity index (χ2v) is 18.2. The Hall–Kier alpha value is -0.820. The summed E-state index contributed by atoms with van der Waals surface area (Å²) in [6, 6.07) is 0. The van der Waals surface area contributed by atoms with Gasteiger partial charge in [-0.2, -0.15) is 0 Å². The van der Waals surface area contributed by atoms with Crippen molar-refractivity contribution in [2.24, 2.45) is 5.73 Å². The first kappa shape index (κ1) is 58.2. The zero-order valence-electron chi connectivity index (χ0n) is 36.8. The van der Waals surface area contributed by atoms with Crippen LogP contribution < -0.4 is 5.73 Å². The maximum absolute atomic E-state index is 10.5. The van der Waals surface area contributed by atoms with Crippen LogP contribution in [0.4, 0.5) is 0 Å². The molecule has 0 radical (unpaired) electrons. The number of hydrogen-bond acceptors (Lipinski definition) is 10. The van der Waals surface area contributed by atoms with Crippen LogP contribution in [0.1, 0.15) is 155 Å². The topological polar surface area (TPSA) is 141 Å². The van der Waals surface area contributed by atoms with Crippen molar-refractivity contribution in [1.82, 2.24) is 0 Å². The Morgan fingerprint density at radius 1 is 0.847 bits per heavy atom. The molecule has 1 heterocycles. The fourth-order valence-electron chi connectivity index (χ4n) is 6.26. The predicted octanol–water partition coefficient (Wildman–Crippen LogP) is 12.8. The summed E-state index contributed by atoms with van der Waals surface area (Å²) in [6.45, 7) is 12.8. The first-order valence-electron chi connectivity index (χ1n) is 22.0. The zero-order chi connectivity index (χ0) is 44.0. The maximum Gasteiger partial charge on any atom is 0.333 e. The fourth-order valence-corrected chi connectivity index (χ4v) is 7.52. The van der Waals surface area contributed by atoms with Gasteiger partial charge in [-0.15, -0.1) is 13.2 Å². The molecule has 0 saturated carbocycles. The number of amides is 1. The van der Waals surface area contributed by atoms with Gasteiger partial charge in [0.05, 0.1) is 32.0 Å². The Labute approximate surface area is 374 Å². The zero-order valence-corrected chi connectivity index (χ0v) is 40.0. The minimum Gasteiger partial charge on any atom is -0.448 e. The third-order valence-corrected chi connectivity index (χ3v) is 11.2. The summed E-state index contributed by atoms with van der Waals surface area (Å²) in [5.74, 6) is -0.716. The van der Waals surface area contributed by atoms with E-state index >= 15 is 0 Å². The van der Waals surface area contributed by atoms with Crippen LogP contribution in [0.2, 0.25) is 0 Å². The second kappa shape index (κ2) is 40.0. The molecule has 59 heavy (non-hydrogen) atoms. The lowest BCUT2D eigenvalue weighted by atomic mass is 10.0. The number of carbonyl (C=O) groups excluding carboxylic acids is 1. The molecular weight excluding hydrogens is 838 g/mol. The number of unbranched alkanes of at least 4 members (excludes halogenated alkanes) is 15. The van der Waals surface area contributed by atoms with Crippen molar-refractivity contribution in [3.63, 3.8) is 0 Å². The van der Waals surface area contributed by atoms with E-state index < -0.39 is 42.9 Å². The molecular formula is C44H80Cl3N2O9P. The van der Waals surface area contributed by atoms with Crippen LogP contribution in [0.3, 0.4) is 0 Å². The summed E-state index contributed by atoms with van der Waals surface area (Å²) in [7, 11) is 1.48. The molecule has 0 aromatic heterocycles. The highest BCUT2D eigenvalue weighted by atomic mass is 35.6. The van der Waals surface area contributed by atoms with Gasteiger partial charge in [0, 0.05) is 33.7 Å². The normalized spacial score (nSPS) is 18.7. The van der Waals surface area contributed by atoms with E-state index in [1.807, 2.05) is 0 Å². The molecule has 15 heteroatoms. The summed E-state index contributed by atoms with van der Waals surface area (Å²) in [5.41, 5.74) is 5.10. The molecule has 346 valence electrons. The Morgan fingerprint density at radius 3 is 1.92 bits per heavy atom. The van der Waals surface area contributed by atoms with Crippen molar-refractivity contribution in [2.45, 2.75) is 190 Å². The molecule has 5 atom stereocenters. The number of ether oxygens (including phenoxy) is 5. The highest BCUT2D eigenvalue weighted by molar-refractivity contribution is 7.41. The molecule has 1 aliphatic heterocycles. The quantitative estimate of drug-likeness (QED) is 0.0156. The minimum absolute atomic E-state index is 0.0779. The van der Waals surface area contributed by atoms with E-state index in [2.05, 4.69) is 39.2 Å². The van der Waals surface area contributed by atoms with Crippen LogP contribution in [0.15, 0.2) is 37.5 Å². The number of rotatable bonds is 37. The average Bonchev–Trinajstić information content (AvgIpc) is 3.20. The van der Waals surface area contributed by atoms with Gasteiger partial charge >= 0.3 is 8.60 Å². The first-order chi connectivity index (χ1) is 28.5. The van der Waals surface area contributed by atoms with Crippen molar-refractivity contribution < 1.29 is 42.1 Å². The van der Waals surface area contributed by atoms with Gasteiger partial charge in [-0.05, 0) is 44.9 Å². The van der Waals surface area contributed by atoms with Crippen LogP contribution >= 0.6 is 43.4 Å². The van der Waals surface area contributed by atoms with E-state index in [9.17, 15) is 4.79 Å². The summed E-state index contributed by atoms with van der Waals surface area (Å²) in [5, 5.41) is 7.98. The maximum atomic E-state index is 10.5. The molecule has 3 N–H and O–H groups in total. The van der Waals surface area contributed by atoms with Gasteiger partial charge in [-0.1, -0.05) is 156 Å². The molecule has 0 aromatic carbocycles. The molecule has 1 saturated heterocycles. The number of alkyl halides is 3. The largest absolute Gasteiger partial charge is 0.448 e. The number of nitrogens with two attached hydrogens (primary N) is 1. The van der Waals surface area contributed by atoms with Crippen molar-refractivity contribution in [3.05, 3.63) is 37.5 Å². The fraction of sp³-hybridized carbons (Fsp3) is 0.818. The lowest BCUT2D eigenvalue weighted by molar-refractivity contribution is -0.241. The Bertz CT molecular complexity index is 1060. The summed E-state index contributed by atoms with van der Waals surface area (Å²) in [6.07, 6.45) is 30.3. The van der Waals surface area contributed by atoms with Gasteiger partial charge in [0.2, 0.25) is 18.1 Å². The van der Waals surface area contributed by atoms with E-state index in [-0.39, 0.29) is 38.3 Å². The molecule has 3 unspecified atom stereocenters. The number of allylic oxidation sites excluding steroid dienone is 2. The van der Waals surface area contributed by atoms with Gasteiger partial charge < -0.3 is 43.0 Å². The molecule has 1 fully saturated rings. The molecule has 11 nitrogen and oxygen atoms in total. The third-order valence-electron chi connectivity index (χ3n) is 9.54. The van der Waals surface area contributed by atoms with Crippen LogP contribution in [-0.2, 0) is 42.1 Å². The summed E-state index contributed by atoms with van der Waals surface area (Å²) in [4.78, 5) is 10.5. The van der Waals surface area contributed by atoms with Gasteiger partial charge in [0.25, 0.3) is 3.79 Å². The first-order valence-corrected chi connectivity index (χ1v) is 24.2.